The number of rotatable bonds is 0. The zero-order valence-corrected chi connectivity index (χ0v) is 16.6. The molecule has 0 radical (unpaired) electrons. The monoisotopic (exact) mass is 414 g/mol. The van der Waals surface area contributed by atoms with Crippen LogP contribution in [0.4, 0.5) is 0 Å². The fraction of sp³-hybridized carbons (Fsp3) is 0. The molecular weight excluding hydrogens is 400 g/mol. The summed E-state index contributed by atoms with van der Waals surface area (Å²) in [5.41, 5.74) is -1.47. The molecule has 0 saturated carbocycles. The zero-order valence-electron chi connectivity index (χ0n) is 16.6. The number of hydrogen-bond donors (Lipinski definition) is 2. The van der Waals surface area contributed by atoms with Gasteiger partial charge >= 0.3 is 0 Å². The quantitative estimate of drug-likeness (QED) is 0.192. The summed E-state index contributed by atoms with van der Waals surface area (Å²) in [6.07, 6.45) is 0. The summed E-state index contributed by atoms with van der Waals surface area (Å²) >= 11 is 0. The smallest absolute Gasteiger partial charge is 0.232 e. The lowest BCUT2D eigenvalue weighted by molar-refractivity contribution is 0.398. The van der Waals surface area contributed by atoms with Gasteiger partial charge in [-0.1, -0.05) is 60.7 Å². The van der Waals surface area contributed by atoms with Crippen molar-refractivity contribution in [3.8, 4) is 11.5 Å². The average Bonchev–Trinajstić information content (AvgIpc) is 2.82. The molecular formula is C28H14O4. The molecule has 0 atom stereocenters. The molecule has 0 amide bonds. The first-order chi connectivity index (χ1) is 15.6. The van der Waals surface area contributed by atoms with Gasteiger partial charge in [-0.25, -0.2) is 0 Å². The molecule has 0 saturated heterocycles. The summed E-state index contributed by atoms with van der Waals surface area (Å²) < 4.78 is 0. The summed E-state index contributed by atoms with van der Waals surface area (Å²) in [7, 11) is 0. The molecule has 7 rings (SSSR count). The van der Waals surface area contributed by atoms with E-state index in [1.807, 2.05) is 48.5 Å². The molecule has 32 heavy (non-hydrogen) atoms. The SMILES string of the molecule is O=c1c(O)c(O)c(=O)c2c1cc1cccc3c1c2c1cccc2cc4ccccc4c3c21. The van der Waals surface area contributed by atoms with Crippen molar-refractivity contribution in [2.45, 2.75) is 0 Å². The van der Waals surface area contributed by atoms with Gasteiger partial charge in [-0.15, -0.1) is 0 Å². The van der Waals surface area contributed by atoms with E-state index in [4.69, 9.17) is 0 Å². The largest absolute Gasteiger partial charge is 0.501 e. The van der Waals surface area contributed by atoms with Crippen LogP contribution >= 0.6 is 0 Å². The topological polar surface area (TPSA) is 74.6 Å². The number of benzene rings is 7. The number of fused-ring (bicyclic) bond motifs is 6. The fourth-order valence-corrected chi connectivity index (χ4v) is 5.42. The van der Waals surface area contributed by atoms with Gasteiger partial charge in [0.1, 0.15) is 0 Å². The number of phenolic OH excluding ortho intramolecular Hbond substituents is 2. The number of phenols is 2. The van der Waals surface area contributed by atoms with Crippen LogP contribution < -0.4 is 10.9 Å². The minimum absolute atomic E-state index is 0.117. The standard InChI is InChI=1S/C28H14O4/c29-25-19-12-15-7-4-9-17-21(15)23(24(19)26(30)28(32)27(25)31)18-10-3-6-14-11-13-5-1-2-8-16(13)22(17)20(14)18/h1-12,31-32H. The van der Waals surface area contributed by atoms with Crippen molar-refractivity contribution in [2.24, 2.45) is 0 Å². The molecule has 0 aliphatic rings. The van der Waals surface area contributed by atoms with E-state index in [2.05, 4.69) is 18.2 Å². The molecule has 0 spiro atoms. The molecule has 150 valence electrons. The van der Waals surface area contributed by atoms with Gasteiger partial charge in [0.05, 0.1) is 0 Å². The van der Waals surface area contributed by atoms with Crippen LogP contribution in [0.2, 0.25) is 0 Å². The van der Waals surface area contributed by atoms with Crippen molar-refractivity contribution in [1.82, 2.24) is 0 Å². The van der Waals surface area contributed by atoms with Crippen molar-refractivity contribution in [3.05, 3.63) is 93.2 Å². The van der Waals surface area contributed by atoms with Gasteiger partial charge in [-0.3, -0.25) is 9.59 Å². The summed E-state index contributed by atoms with van der Waals surface area (Å²) in [5.74, 6) is -1.79. The van der Waals surface area contributed by atoms with Gasteiger partial charge in [-0.2, -0.15) is 0 Å². The first-order valence-electron chi connectivity index (χ1n) is 10.3. The Morgan fingerprint density at radius 1 is 0.438 bits per heavy atom. The Hall–Kier alpha value is -4.44. The van der Waals surface area contributed by atoms with Crippen LogP contribution in [0.3, 0.4) is 0 Å². The predicted octanol–water partition coefficient (Wildman–Crippen LogP) is 5.61. The van der Waals surface area contributed by atoms with Gasteiger partial charge in [0, 0.05) is 16.2 Å². The van der Waals surface area contributed by atoms with Crippen LogP contribution in [0, 0.1) is 0 Å². The highest BCUT2D eigenvalue weighted by Gasteiger charge is 2.22. The van der Waals surface area contributed by atoms with E-state index in [0.717, 1.165) is 48.5 Å². The van der Waals surface area contributed by atoms with Gasteiger partial charge in [0.2, 0.25) is 22.4 Å². The van der Waals surface area contributed by atoms with Crippen LogP contribution in [0.15, 0.2) is 82.4 Å². The molecule has 4 nitrogen and oxygen atoms in total. The first kappa shape index (κ1) is 17.3. The highest BCUT2D eigenvalue weighted by molar-refractivity contribution is 6.41. The van der Waals surface area contributed by atoms with Crippen LogP contribution in [0.5, 0.6) is 11.5 Å². The van der Waals surface area contributed by atoms with E-state index in [0.29, 0.717) is 5.39 Å². The Kier molecular flexibility index (Phi) is 3.03. The maximum absolute atomic E-state index is 13.2. The van der Waals surface area contributed by atoms with Gasteiger partial charge < -0.3 is 10.2 Å². The van der Waals surface area contributed by atoms with Crippen LogP contribution in [-0.2, 0) is 0 Å². The Bertz CT molecular complexity index is 2040. The van der Waals surface area contributed by atoms with E-state index in [1.165, 1.54) is 0 Å². The van der Waals surface area contributed by atoms with E-state index in [-0.39, 0.29) is 10.8 Å². The van der Waals surface area contributed by atoms with E-state index in [1.54, 1.807) is 6.07 Å². The average molecular weight is 414 g/mol. The van der Waals surface area contributed by atoms with Gasteiger partial charge in [0.25, 0.3) is 0 Å². The van der Waals surface area contributed by atoms with E-state index >= 15 is 0 Å². The molecule has 0 unspecified atom stereocenters. The Labute approximate surface area is 179 Å². The summed E-state index contributed by atoms with van der Waals surface area (Å²) in [6.45, 7) is 0. The summed E-state index contributed by atoms with van der Waals surface area (Å²) in [5, 5.41) is 30.1. The highest BCUT2D eigenvalue weighted by Crippen LogP contribution is 2.45. The third-order valence-corrected chi connectivity index (χ3v) is 6.72. The van der Waals surface area contributed by atoms with Crippen molar-refractivity contribution >= 4 is 64.6 Å². The minimum atomic E-state index is -0.898. The molecule has 0 aliphatic carbocycles. The van der Waals surface area contributed by atoms with Gasteiger partial charge in [0.15, 0.2) is 0 Å². The molecule has 4 heteroatoms. The van der Waals surface area contributed by atoms with Gasteiger partial charge in [-0.05, 0) is 60.6 Å². The normalized spacial score (nSPS) is 12.2. The van der Waals surface area contributed by atoms with Crippen molar-refractivity contribution < 1.29 is 10.2 Å². The minimum Gasteiger partial charge on any atom is -0.501 e. The van der Waals surface area contributed by atoms with E-state index in [9.17, 15) is 19.8 Å². The van der Waals surface area contributed by atoms with Crippen molar-refractivity contribution in [3.63, 3.8) is 0 Å². The maximum Gasteiger partial charge on any atom is 0.232 e. The second-order valence-corrected chi connectivity index (χ2v) is 8.31. The van der Waals surface area contributed by atoms with Crippen molar-refractivity contribution in [2.75, 3.05) is 0 Å². The Morgan fingerprint density at radius 3 is 1.78 bits per heavy atom. The molecule has 0 aromatic heterocycles. The summed E-state index contributed by atoms with van der Waals surface area (Å²) in [4.78, 5) is 26.0. The molecule has 7 aromatic rings. The maximum atomic E-state index is 13.2. The Morgan fingerprint density at radius 2 is 1.00 bits per heavy atom. The van der Waals surface area contributed by atoms with Crippen LogP contribution in [0.25, 0.3) is 64.6 Å². The third-order valence-electron chi connectivity index (χ3n) is 6.72. The number of hydrogen-bond acceptors (Lipinski definition) is 4. The predicted molar refractivity (Wildman–Crippen MR) is 130 cm³/mol. The molecule has 2 N–H and O–H groups in total. The van der Waals surface area contributed by atoms with E-state index < -0.39 is 22.4 Å². The lowest BCUT2D eigenvalue weighted by atomic mass is 9.85. The third kappa shape index (κ3) is 1.88. The summed E-state index contributed by atoms with van der Waals surface area (Å²) in [6, 6.07) is 23.8. The van der Waals surface area contributed by atoms with Crippen molar-refractivity contribution in [1.29, 1.82) is 0 Å². The lowest BCUT2D eigenvalue weighted by Gasteiger charge is -2.17. The molecule has 0 fully saturated rings. The molecule has 0 bridgehead atoms. The fourth-order valence-electron chi connectivity index (χ4n) is 5.42. The number of aromatic hydroxyl groups is 2. The zero-order chi connectivity index (χ0) is 21.7. The molecule has 0 heterocycles. The lowest BCUT2D eigenvalue weighted by Crippen LogP contribution is -2.12. The Balaban J connectivity index is 1.98. The molecule has 0 aliphatic heterocycles. The second kappa shape index (κ2) is 5.62. The second-order valence-electron chi connectivity index (χ2n) is 8.31. The van der Waals surface area contributed by atoms with Crippen LogP contribution in [0.1, 0.15) is 0 Å². The highest BCUT2D eigenvalue weighted by atomic mass is 16.3. The van der Waals surface area contributed by atoms with Crippen LogP contribution in [-0.4, -0.2) is 10.2 Å². The molecule has 7 aromatic carbocycles. The first-order valence-corrected chi connectivity index (χ1v) is 10.3.